The third kappa shape index (κ3) is 7.38. The third-order valence-electron chi connectivity index (χ3n) is 8.72. The molecule has 2 aromatic heterocycles. The third-order valence-corrected chi connectivity index (χ3v) is 8.72. The van der Waals surface area contributed by atoms with E-state index in [1.807, 2.05) is 67.6 Å². The molecule has 2 unspecified atom stereocenters. The lowest BCUT2D eigenvalue weighted by molar-refractivity contribution is -0.145. The molecule has 2 atom stereocenters. The van der Waals surface area contributed by atoms with Crippen LogP contribution in [0.3, 0.4) is 0 Å². The zero-order valence-corrected chi connectivity index (χ0v) is 26.3. The van der Waals surface area contributed by atoms with Crippen LogP contribution in [0.1, 0.15) is 46.4 Å². The van der Waals surface area contributed by atoms with Gasteiger partial charge in [0, 0.05) is 55.3 Å². The van der Waals surface area contributed by atoms with Crippen molar-refractivity contribution in [3.8, 4) is 11.3 Å². The number of carbonyl (C=O) groups is 2. The molecule has 244 valence electrons. The Hall–Kier alpha value is -5.51. The number of aromatic nitrogens is 3. The fraction of sp³-hybridized carbons (Fsp3) is 0.211. The Morgan fingerprint density at radius 2 is 1.65 bits per heavy atom. The molecule has 0 saturated carbocycles. The lowest BCUT2D eigenvalue weighted by Crippen LogP contribution is -2.53. The summed E-state index contributed by atoms with van der Waals surface area (Å²) in [6.07, 6.45) is 2.35. The highest BCUT2D eigenvalue weighted by molar-refractivity contribution is 5.96. The number of halogens is 3. The molecule has 0 bridgehead atoms. The van der Waals surface area contributed by atoms with Crippen molar-refractivity contribution in [2.45, 2.75) is 44.6 Å². The zero-order chi connectivity index (χ0) is 33.7. The summed E-state index contributed by atoms with van der Waals surface area (Å²) in [5.74, 6) is -1.12. The topological polar surface area (TPSA) is 82.2 Å². The van der Waals surface area contributed by atoms with E-state index < -0.39 is 29.6 Å². The summed E-state index contributed by atoms with van der Waals surface area (Å²) in [4.78, 5) is 36.5. The Bertz CT molecular complexity index is 1870. The van der Waals surface area contributed by atoms with Crippen molar-refractivity contribution in [2.24, 2.45) is 0 Å². The summed E-state index contributed by atoms with van der Waals surface area (Å²) in [6, 6.07) is 26.8. The van der Waals surface area contributed by atoms with Crippen LogP contribution in [0.4, 0.5) is 13.2 Å². The minimum Gasteiger partial charge on any atom is -0.336 e. The van der Waals surface area contributed by atoms with E-state index in [9.17, 15) is 22.8 Å². The molecule has 0 spiro atoms. The van der Waals surface area contributed by atoms with Gasteiger partial charge in [0.25, 0.3) is 0 Å². The van der Waals surface area contributed by atoms with Crippen molar-refractivity contribution < 1.29 is 22.8 Å². The molecule has 2 amide bonds. The van der Waals surface area contributed by atoms with Crippen LogP contribution in [0.25, 0.3) is 17.3 Å². The van der Waals surface area contributed by atoms with Crippen molar-refractivity contribution in [3.63, 3.8) is 0 Å². The number of H-pyrrole nitrogens is 1. The SMILES string of the molecule is CC(c1ccn[nH]1)C(C(=O)N1CCc2ccccc2C1)N(Cc1ccc(-c2ccccn2)cc1)C(=O)/C=C/c1ccc(C(F)(F)F)cc1. The summed E-state index contributed by atoms with van der Waals surface area (Å²) in [5.41, 5.74) is 5.12. The molecule has 10 heteroatoms. The highest BCUT2D eigenvalue weighted by Crippen LogP contribution is 2.31. The van der Waals surface area contributed by atoms with E-state index in [0.717, 1.165) is 34.5 Å². The van der Waals surface area contributed by atoms with Gasteiger partial charge in [-0.15, -0.1) is 0 Å². The van der Waals surface area contributed by atoms with E-state index in [4.69, 9.17) is 0 Å². The molecule has 3 aromatic carbocycles. The molecule has 1 N–H and O–H groups in total. The van der Waals surface area contributed by atoms with Crippen molar-refractivity contribution >= 4 is 17.9 Å². The van der Waals surface area contributed by atoms with Gasteiger partial charge in [-0.2, -0.15) is 18.3 Å². The van der Waals surface area contributed by atoms with Crippen LogP contribution in [0, 0.1) is 0 Å². The molecular formula is C38H34F3N5O2. The van der Waals surface area contributed by atoms with Gasteiger partial charge >= 0.3 is 6.18 Å². The van der Waals surface area contributed by atoms with Gasteiger partial charge in [-0.25, -0.2) is 0 Å². The molecule has 7 nitrogen and oxygen atoms in total. The average Bonchev–Trinajstić information content (AvgIpc) is 3.66. The summed E-state index contributed by atoms with van der Waals surface area (Å²) in [6.45, 7) is 2.92. The second kappa shape index (κ2) is 14.1. The van der Waals surface area contributed by atoms with Crippen LogP contribution in [-0.4, -0.2) is 49.4 Å². The van der Waals surface area contributed by atoms with Crippen LogP contribution in [-0.2, 0) is 35.3 Å². The van der Waals surface area contributed by atoms with Gasteiger partial charge in [-0.3, -0.25) is 19.7 Å². The molecule has 0 aliphatic carbocycles. The number of hydrogen-bond acceptors (Lipinski definition) is 4. The highest BCUT2D eigenvalue weighted by Gasteiger charge is 2.38. The van der Waals surface area contributed by atoms with E-state index in [1.165, 1.54) is 29.8 Å². The van der Waals surface area contributed by atoms with E-state index in [0.29, 0.717) is 30.8 Å². The largest absolute Gasteiger partial charge is 0.416 e. The maximum atomic E-state index is 14.6. The minimum atomic E-state index is -4.47. The van der Waals surface area contributed by atoms with Crippen LogP contribution < -0.4 is 0 Å². The summed E-state index contributed by atoms with van der Waals surface area (Å²) >= 11 is 0. The van der Waals surface area contributed by atoms with E-state index in [2.05, 4.69) is 21.2 Å². The van der Waals surface area contributed by atoms with Crippen LogP contribution in [0.15, 0.2) is 116 Å². The predicted molar refractivity (Wildman–Crippen MR) is 177 cm³/mol. The van der Waals surface area contributed by atoms with Crippen LogP contribution >= 0.6 is 0 Å². The van der Waals surface area contributed by atoms with E-state index >= 15 is 0 Å². The maximum Gasteiger partial charge on any atom is 0.416 e. The molecule has 1 aliphatic rings. The molecule has 6 rings (SSSR count). The Morgan fingerprint density at radius 1 is 0.917 bits per heavy atom. The van der Waals surface area contributed by atoms with Crippen molar-refractivity contribution in [1.29, 1.82) is 0 Å². The number of carbonyl (C=O) groups excluding carboxylic acids is 2. The monoisotopic (exact) mass is 649 g/mol. The number of fused-ring (bicyclic) bond motifs is 1. The number of aromatic amines is 1. The summed E-state index contributed by atoms with van der Waals surface area (Å²) in [7, 11) is 0. The first-order valence-electron chi connectivity index (χ1n) is 15.7. The first-order chi connectivity index (χ1) is 23.2. The van der Waals surface area contributed by atoms with E-state index in [1.54, 1.807) is 28.3 Å². The summed E-state index contributed by atoms with van der Waals surface area (Å²) in [5, 5.41) is 7.07. The molecule has 1 aliphatic heterocycles. The number of alkyl halides is 3. The Morgan fingerprint density at radius 3 is 2.31 bits per heavy atom. The molecule has 0 radical (unpaired) electrons. The second-order valence-electron chi connectivity index (χ2n) is 11.9. The van der Waals surface area contributed by atoms with Gasteiger partial charge in [0.2, 0.25) is 11.8 Å². The fourth-order valence-corrected chi connectivity index (χ4v) is 6.05. The zero-order valence-electron chi connectivity index (χ0n) is 26.3. The number of rotatable bonds is 9. The van der Waals surface area contributed by atoms with Crippen LogP contribution in [0.2, 0.25) is 0 Å². The molecule has 5 aromatic rings. The fourth-order valence-electron chi connectivity index (χ4n) is 6.05. The lowest BCUT2D eigenvalue weighted by atomic mass is 9.92. The number of amides is 2. The first-order valence-corrected chi connectivity index (χ1v) is 15.7. The lowest BCUT2D eigenvalue weighted by Gasteiger charge is -2.39. The maximum absolute atomic E-state index is 14.6. The summed E-state index contributed by atoms with van der Waals surface area (Å²) < 4.78 is 39.4. The second-order valence-corrected chi connectivity index (χ2v) is 11.9. The number of hydrogen-bond donors (Lipinski definition) is 1. The Balaban J connectivity index is 1.35. The van der Waals surface area contributed by atoms with Crippen molar-refractivity contribution in [1.82, 2.24) is 25.0 Å². The van der Waals surface area contributed by atoms with E-state index in [-0.39, 0.29) is 12.5 Å². The van der Waals surface area contributed by atoms with Gasteiger partial charge in [-0.1, -0.05) is 73.7 Å². The highest BCUT2D eigenvalue weighted by atomic mass is 19.4. The van der Waals surface area contributed by atoms with Crippen molar-refractivity contribution in [2.75, 3.05) is 6.54 Å². The first kappa shape index (κ1) is 32.4. The van der Waals surface area contributed by atoms with Gasteiger partial charge in [0.15, 0.2) is 0 Å². The Labute approximate surface area is 276 Å². The van der Waals surface area contributed by atoms with Gasteiger partial charge in [0.1, 0.15) is 6.04 Å². The minimum absolute atomic E-state index is 0.109. The molecular weight excluding hydrogens is 615 g/mol. The molecule has 0 fully saturated rings. The average molecular weight is 650 g/mol. The van der Waals surface area contributed by atoms with Gasteiger partial charge in [0.05, 0.1) is 11.3 Å². The van der Waals surface area contributed by atoms with Crippen molar-refractivity contribution in [3.05, 3.63) is 149 Å². The number of nitrogens with zero attached hydrogens (tertiary/aromatic N) is 4. The smallest absolute Gasteiger partial charge is 0.336 e. The number of pyridine rings is 1. The quantitative estimate of drug-likeness (QED) is 0.170. The van der Waals surface area contributed by atoms with Gasteiger partial charge < -0.3 is 9.80 Å². The molecule has 48 heavy (non-hydrogen) atoms. The number of benzene rings is 3. The predicted octanol–water partition coefficient (Wildman–Crippen LogP) is 7.29. The van der Waals surface area contributed by atoms with Crippen LogP contribution in [0.5, 0.6) is 0 Å². The standard InChI is InChI=1S/C38H34F3N5O2/c1-26(33-19-22-43-44-33)36(37(48)45-23-20-29-6-2-3-7-31(29)25-45)46(24-28-9-14-30(15-10-28)34-8-4-5-21-42-34)35(47)18-13-27-11-16-32(17-12-27)38(39,40)41/h2-19,21-22,26,36H,20,23-25H2,1H3,(H,43,44)/b18-13+. The molecule has 3 heterocycles. The Kier molecular flexibility index (Phi) is 9.52. The van der Waals surface area contributed by atoms with Gasteiger partial charge in [-0.05, 0) is 65.1 Å². The molecule has 0 saturated heterocycles. The number of nitrogens with one attached hydrogen (secondary N) is 1. The normalized spacial score (nSPS) is 14.4.